The van der Waals surface area contributed by atoms with Gasteiger partial charge in [-0.05, 0) is 189 Å². The highest BCUT2D eigenvalue weighted by atomic mass is 15.1. The predicted octanol–water partition coefficient (Wildman–Crippen LogP) is 15.0. The van der Waals surface area contributed by atoms with Gasteiger partial charge in [-0.15, -0.1) is 0 Å². The van der Waals surface area contributed by atoms with Crippen LogP contribution in [0.1, 0.15) is 112 Å². The van der Waals surface area contributed by atoms with Crippen molar-refractivity contribution in [3.8, 4) is 44.5 Å². The molecule has 0 bridgehead atoms. The van der Waals surface area contributed by atoms with Gasteiger partial charge in [0.1, 0.15) is 0 Å². The molecule has 2 heteroatoms. The number of anilines is 2. The second-order valence-corrected chi connectivity index (χ2v) is 19.5. The van der Waals surface area contributed by atoms with E-state index in [0.29, 0.717) is 0 Å². The van der Waals surface area contributed by atoms with Gasteiger partial charge in [-0.25, -0.2) is 0 Å². The van der Waals surface area contributed by atoms with Crippen LogP contribution in [0.15, 0.2) is 121 Å². The lowest BCUT2D eigenvalue weighted by Gasteiger charge is -2.31. The maximum atomic E-state index is 2.67. The summed E-state index contributed by atoms with van der Waals surface area (Å²) in [6.07, 6.45) is 18.0. The zero-order valence-electron chi connectivity index (χ0n) is 35.2. The first-order valence-electron chi connectivity index (χ1n) is 23.7. The summed E-state index contributed by atoms with van der Waals surface area (Å²) < 4.78 is 0. The first-order chi connectivity index (χ1) is 29.7. The molecule has 4 fully saturated rings. The standard InChI is InChI=1S/C58H56N2/c1-11-31-59(32-12-1)41-21-25-47-49(37-41)55(39-19-23-45-43-15-3-5-17-51(43)57(53(45)35-39)27-7-8-28-57)48-26-22-42(60-33-13-2-14-34-60)38-50(48)56(47)40-20-24-46-44-16-4-6-18-52(44)58(54(46)36-40)29-9-10-30-58/h3-6,15-26,35-38H,1-2,7-14,27-34H2. The summed E-state index contributed by atoms with van der Waals surface area (Å²) in [5, 5.41) is 5.59. The molecule has 4 aliphatic carbocycles. The van der Waals surface area contributed by atoms with E-state index < -0.39 is 0 Å². The van der Waals surface area contributed by atoms with E-state index in [2.05, 4.69) is 131 Å². The first-order valence-corrected chi connectivity index (χ1v) is 23.7. The fraction of sp³-hybridized carbons (Fsp3) is 0.345. The summed E-state index contributed by atoms with van der Waals surface area (Å²) in [6, 6.07) is 49.2. The van der Waals surface area contributed by atoms with Crippen LogP contribution in [0.25, 0.3) is 66.1 Å². The number of benzene rings is 7. The predicted molar refractivity (Wildman–Crippen MR) is 254 cm³/mol. The monoisotopic (exact) mass is 780 g/mol. The summed E-state index contributed by atoms with van der Waals surface area (Å²) in [5.41, 5.74) is 20.7. The number of rotatable bonds is 4. The van der Waals surface area contributed by atoms with Crippen LogP contribution in [-0.4, -0.2) is 26.2 Å². The normalized spacial score (nSPS) is 19.7. The third-order valence-electron chi connectivity index (χ3n) is 16.6. The third kappa shape index (κ3) is 5.06. The van der Waals surface area contributed by atoms with Crippen LogP contribution in [0.4, 0.5) is 11.4 Å². The van der Waals surface area contributed by atoms with Crippen LogP contribution in [0.2, 0.25) is 0 Å². The lowest BCUT2D eigenvalue weighted by Crippen LogP contribution is -2.29. The van der Waals surface area contributed by atoms with Crippen molar-refractivity contribution in [1.82, 2.24) is 0 Å². The molecule has 0 unspecified atom stereocenters. The van der Waals surface area contributed by atoms with Crippen LogP contribution >= 0.6 is 0 Å². The molecule has 2 aliphatic heterocycles. The van der Waals surface area contributed by atoms with Crippen molar-refractivity contribution < 1.29 is 0 Å². The molecule has 2 spiro atoms. The van der Waals surface area contributed by atoms with Gasteiger partial charge in [-0.3, -0.25) is 0 Å². The van der Waals surface area contributed by atoms with Gasteiger partial charge in [0.05, 0.1) is 0 Å². The Labute approximate surface area is 356 Å². The van der Waals surface area contributed by atoms with E-state index >= 15 is 0 Å². The molecule has 0 amide bonds. The fourth-order valence-electron chi connectivity index (χ4n) is 13.8. The van der Waals surface area contributed by atoms with Crippen LogP contribution in [0.3, 0.4) is 0 Å². The molecular weight excluding hydrogens is 725 g/mol. The van der Waals surface area contributed by atoms with Gasteiger partial charge in [0.15, 0.2) is 0 Å². The molecule has 2 nitrogen and oxygen atoms in total. The molecule has 298 valence electrons. The summed E-state index contributed by atoms with van der Waals surface area (Å²) >= 11 is 0. The maximum Gasteiger partial charge on any atom is 0.0372 e. The molecule has 0 radical (unpaired) electrons. The summed E-state index contributed by atoms with van der Waals surface area (Å²) in [7, 11) is 0. The van der Waals surface area contributed by atoms with Crippen molar-refractivity contribution in [3.63, 3.8) is 0 Å². The van der Waals surface area contributed by atoms with Crippen molar-refractivity contribution in [2.45, 2.75) is 101 Å². The molecule has 0 aromatic heterocycles. The van der Waals surface area contributed by atoms with Gasteiger partial charge in [-0.1, -0.05) is 111 Å². The van der Waals surface area contributed by atoms with Crippen molar-refractivity contribution >= 4 is 32.9 Å². The van der Waals surface area contributed by atoms with Crippen molar-refractivity contribution in [3.05, 3.63) is 144 Å². The SMILES string of the molecule is c1ccc2c(c1)-c1ccc(-c3c4ccc(N5CCCCC5)cc4c(-c4ccc5c(c4)C4(CCCC4)c4ccccc4-5)c4ccc(N5CCCCC5)cc34)cc1C21CCCC1. The quantitative estimate of drug-likeness (QED) is 0.164. The number of nitrogens with zero attached hydrogens (tertiary/aromatic N) is 2. The van der Waals surface area contributed by atoms with E-state index in [1.54, 1.807) is 22.3 Å². The Morgan fingerprint density at radius 3 is 1.15 bits per heavy atom. The highest BCUT2D eigenvalue weighted by Crippen LogP contribution is 2.60. The van der Waals surface area contributed by atoms with Gasteiger partial charge < -0.3 is 9.80 Å². The summed E-state index contributed by atoms with van der Waals surface area (Å²) in [6.45, 7) is 4.59. The first kappa shape index (κ1) is 35.4. The van der Waals surface area contributed by atoms with Crippen molar-refractivity contribution in [1.29, 1.82) is 0 Å². The zero-order chi connectivity index (χ0) is 39.4. The lowest BCUT2D eigenvalue weighted by atomic mass is 9.75. The van der Waals surface area contributed by atoms with Crippen LogP contribution in [-0.2, 0) is 10.8 Å². The third-order valence-corrected chi connectivity index (χ3v) is 16.6. The lowest BCUT2D eigenvalue weighted by molar-refractivity contribution is 0.550. The van der Waals surface area contributed by atoms with Gasteiger partial charge >= 0.3 is 0 Å². The van der Waals surface area contributed by atoms with Crippen molar-refractivity contribution in [2.75, 3.05) is 36.0 Å². The Balaban J connectivity index is 1.10. The largest absolute Gasteiger partial charge is 0.372 e. The average Bonchev–Trinajstić information content (AvgIpc) is 4.12. The topological polar surface area (TPSA) is 6.48 Å². The summed E-state index contributed by atoms with van der Waals surface area (Å²) in [5.74, 6) is 0. The van der Waals surface area contributed by atoms with Crippen LogP contribution in [0, 0.1) is 0 Å². The second kappa shape index (κ2) is 13.6. The van der Waals surface area contributed by atoms with E-state index in [4.69, 9.17) is 0 Å². The highest BCUT2D eigenvalue weighted by molar-refractivity contribution is 6.22. The Morgan fingerprint density at radius 2 is 0.717 bits per heavy atom. The molecule has 2 saturated heterocycles. The molecule has 0 atom stereocenters. The molecule has 6 aliphatic rings. The Hall–Kier alpha value is -5.34. The Kier molecular flexibility index (Phi) is 8.02. The van der Waals surface area contributed by atoms with E-state index in [0.717, 1.165) is 26.2 Å². The van der Waals surface area contributed by atoms with Gasteiger partial charge in [0, 0.05) is 48.4 Å². The van der Waals surface area contributed by atoms with E-state index in [-0.39, 0.29) is 10.8 Å². The smallest absolute Gasteiger partial charge is 0.0372 e. The molecule has 2 saturated carbocycles. The zero-order valence-corrected chi connectivity index (χ0v) is 35.2. The number of hydrogen-bond donors (Lipinski definition) is 0. The molecule has 2 heterocycles. The van der Waals surface area contributed by atoms with Gasteiger partial charge in [0.2, 0.25) is 0 Å². The average molecular weight is 781 g/mol. The molecule has 60 heavy (non-hydrogen) atoms. The Morgan fingerprint density at radius 1 is 0.317 bits per heavy atom. The molecule has 7 aromatic carbocycles. The minimum Gasteiger partial charge on any atom is -0.372 e. The number of hydrogen-bond acceptors (Lipinski definition) is 2. The van der Waals surface area contributed by atoms with Crippen LogP contribution < -0.4 is 9.80 Å². The van der Waals surface area contributed by atoms with Crippen molar-refractivity contribution in [2.24, 2.45) is 0 Å². The molecule has 7 aromatic rings. The minimum absolute atomic E-state index is 0.131. The molecule has 13 rings (SSSR count). The number of fused-ring (bicyclic) bond motifs is 12. The molecular formula is C58H56N2. The van der Waals surface area contributed by atoms with Gasteiger partial charge in [-0.2, -0.15) is 0 Å². The van der Waals surface area contributed by atoms with E-state index in [1.807, 2.05) is 0 Å². The van der Waals surface area contributed by atoms with E-state index in [1.165, 1.54) is 167 Å². The van der Waals surface area contributed by atoms with Crippen LogP contribution in [0.5, 0.6) is 0 Å². The second-order valence-electron chi connectivity index (χ2n) is 19.5. The fourth-order valence-corrected chi connectivity index (χ4v) is 13.8. The summed E-state index contributed by atoms with van der Waals surface area (Å²) in [4.78, 5) is 5.33. The van der Waals surface area contributed by atoms with E-state index in [9.17, 15) is 0 Å². The Bertz CT molecular complexity index is 2660. The number of piperidine rings is 2. The molecule has 0 N–H and O–H groups in total. The maximum absolute atomic E-state index is 2.67. The van der Waals surface area contributed by atoms with Gasteiger partial charge in [0.25, 0.3) is 0 Å². The highest BCUT2D eigenvalue weighted by Gasteiger charge is 2.46. The minimum atomic E-state index is 0.131.